The first-order valence-corrected chi connectivity index (χ1v) is 14.7. The van der Waals surface area contributed by atoms with Crippen LogP contribution in [0, 0.1) is 39.9 Å². The molecule has 0 unspecified atom stereocenters. The molecule has 253 valence electrons. The van der Waals surface area contributed by atoms with Crippen LogP contribution in [0.5, 0.6) is 5.75 Å². The molecule has 1 heterocycles. The van der Waals surface area contributed by atoms with Crippen LogP contribution in [-0.4, -0.2) is 160 Å². The summed E-state index contributed by atoms with van der Waals surface area (Å²) in [6, 6.07) is 6.04. The van der Waals surface area contributed by atoms with Gasteiger partial charge in [-0.2, -0.15) is 0 Å². The number of carboxylic acid groups (broad SMARTS) is 4. The van der Waals surface area contributed by atoms with E-state index in [1.165, 1.54) is 0 Å². The molecular weight excluding hydrogens is 738 g/mol. The summed E-state index contributed by atoms with van der Waals surface area (Å²) in [5.41, 5.74) is 0.736. The number of rotatable bonds is 18. The molecule has 2 rings (SSSR count). The molecule has 16 heteroatoms. The van der Waals surface area contributed by atoms with Crippen LogP contribution in [0.3, 0.4) is 0 Å². The topological polar surface area (TPSA) is 198 Å². The third kappa shape index (κ3) is 18.0. The van der Waals surface area contributed by atoms with E-state index < -0.39 is 49.6 Å². The summed E-state index contributed by atoms with van der Waals surface area (Å²) in [7, 11) is 0. The van der Waals surface area contributed by atoms with Gasteiger partial charge >= 0.3 is 45.9 Å². The van der Waals surface area contributed by atoms with E-state index in [1.54, 1.807) is 43.9 Å². The zero-order chi connectivity index (χ0) is 32.3. The number of hydrogen-bond acceptors (Lipinski definition) is 14. The van der Waals surface area contributed by atoms with E-state index >= 15 is 0 Å². The van der Waals surface area contributed by atoms with Crippen LogP contribution in [0.15, 0.2) is 24.3 Å². The number of carbonyl (C=O) groups is 4. The molecule has 0 saturated carbocycles. The van der Waals surface area contributed by atoms with Crippen LogP contribution in [0.25, 0.3) is 0 Å². The third-order valence-electron chi connectivity index (χ3n) is 7.08. The Morgan fingerprint density at radius 3 is 1.56 bits per heavy atom. The minimum absolute atomic E-state index is 0. The van der Waals surface area contributed by atoms with Crippen molar-refractivity contribution < 1.29 is 93.8 Å². The summed E-state index contributed by atoms with van der Waals surface area (Å²) < 4.78 is 16.3. The molecule has 1 aromatic rings. The molecule has 1 fully saturated rings. The van der Waals surface area contributed by atoms with Gasteiger partial charge in [0, 0.05) is 78.6 Å². The van der Waals surface area contributed by atoms with Gasteiger partial charge in [0.2, 0.25) is 0 Å². The molecule has 1 radical (unpaired) electrons. The second kappa shape index (κ2) is 23.3. The van der Waals surface area contributed by atoms with E-state index in [4.69, 9.17) is 14.2 Å². The van der Waals surface area contributed by atoms with E-state index in [0.717, 1.165) is 5.56 Å². The summed E-state index contributed by atoms with van der Waals surface area (Å²) in [6.45, 7) is 4.37. The maximum atomic E-state index is 12.5. The van der Waals surface area contributed by atoms with Gasteiger partial charge in [-0.25, -0.2) is 0 Å². The van der Waals surface area contributed by atoms with E-state index in [9.17, 15) is 39.6 Å². The van der Waals surface area contributed by atoms with Crippen molar-refractivity contribution in [1.29, 1.82) is 0 Å². The molecule has 0 spiro atoms. The number of nitrogens with zero attached hydrogens (tertiary/aromatic N) is 4. The van der Waals surface area contributed by atoms with Gasteiger partial charge in [-0.15, -0.1) is 0 Å². The first-order valence-electron chi connectivity index (χ1n) is 14.7. The van der Waals surface area contributed by atoms with Gasteiger partial charge < -0.3 is 49.0 Å². The molecule has 1 N–H and O–H groups in total. The Kier molecular flexibility index (Phi) is 21.3. The molecule has 1 aliphatic rings. The average molecular weight is 781 g/mol. The van der Waals surface area contributed by atoms with Gasteiger partial charge in [0.1, 0.15) is 18.4 Å². The number of aliphatic carboxylic acids is 4. The summed E-state index contributed by atoms with van der Waals surface area (Å²) in [6.07, 6.45) is 0.135. The molecule has 1 aliphatic heterocycles. The summed E-state index contributed by atoms with van der Waals surface area (Å²) in [5, 5.41) is 44.3. The van der Waals surface area contributed by atoms with Gasteiger partial charge in [-0.3, -0.25) is 24.4 Å². The van der Waals surface area contributed by atoms with E-state index in [1.807, 2.05) is 6.92 Å². The standard InChI is InChI=1S/C29H46N4O11.Gd/c1-2-42-15-16-43-17-18-44-24-5-3-23(4-6-24)19-25(29(40)41)33-13-11-31(21-27(36)37)9-7-30(20-26(34)35)8-10-32(12-14-33)22-28(38)39;/h3-6,25H,2,7-22H2,1H3,(H,34,35)(H,36,37)(H,38,39)(H,40,41);/q;+3/p-3/t25-;/m1./s1. The number of carbonyl (C=O) groups excluding carboxylic acids is 3. The average Bonchev–Trinajstić information content (AvgIpc) is 2.95. The Labute approximate surface area is 295 Å². The van der Waals surface area contributed by atoms with E-state index in [2.05, 4.69) is 0 Å². The third-order valence-corrected chi connectivity index (χ3v) is 7.08. The summed E-state index contributed by atoms with van der Waals surface area (Å²) in [5.74, 6) is -4.43. The zero-order valence-corrected chi connectivity index (χ0v) is 27.8. The number of benzene rings is 1. The molecule has 1 aromatic carbocycles. The van der Waals surface area contributed by atoms with Gasteiger partial charge in [0.15, 0.2) is 0 Å². The second-order valence-corrected chi connectivity index (χ2v) is 10.3. The van der Waals surface area contributed by atoms with Crippen LogP contribution in [-0.2, 0) is 35.1 Å². The normalized spacial score (nSPS) is 16.9. The van der Waals surface area contributed by atoms with Crippen molar-refractivity contribution in [3.8, 4) is 5.75 Å². The van der Waals surface area contributed by atoms with Crippen molar-refractivity contribution in [3.05, 3.63) is 29.8 Å². The predicted molar refractivity (Wildman–Crippen MR) is 150 cm³/mol. The van der Waals surface area contributed by atoms with Crippen molar-refractivity contribution in [2.45, 2.75) is 19.4 Å². The zero-order valence-electron chi connectivity index (χ0n) is 25.6. The molecule has 1 saturated heterocycles. The van der Waals surface area contributed by atoms with Gasteiger partial charge in [0.05, 0.1) is 37.7 Å². The Hall–Kier alpha value is -2.02. The fraction of sp³-hybridized carbons (Fsp3) is 0.655. The number of carboxylic acids is 4. The van der Waals surface area contributed by atoms with Crippen LogP contribution in [0.1, 0.15) is 12.5 Å². The second-order valence-electron chi connectivity index (χ2n) is 10.3. The van der Waals surface area contributed by atoms with Crippen molar-refractivity contribution in [2.75, 3.05) is 105 Å². The molecule has 15 nitrogen and oxygen atoms in total. The monoisotopic (exact) mass is 781 g/mol. The Morgan fingerprint density at radius 1 is 0.711 bits per heavy atom. The van der Waals surface area contributed by atoms with Crippen molar-refractivity contribution >= 4 is 23.9 Å². The number of ether oxygens (including phenoxy) is 3. The van der Waals surface area contributed by atoms with Crippen LogP contribution in [0.2, 0.25) is 0 Å². The first kappa shape index (κ1) is 41.0. The summed E-state index contributed by atoms with van der Waals surface area (Å²) >= 11 is 0. The minimum Gasteiger partial charge on any atom is -0.549 e. The molecule has 45 heavy (non-hydrogen) atoms. The van der Waals surface area contributed by atoms with Crippen molar-refractivity contribution in [3.63, 3.8) is 0 Å². The molecule has 0 aliphatic carbocycles. The van der Waals surface area contributed by atoms with Crippen LogP contribution < -0.4 is 20.1 Å². The molecule has 1 atom stereocenters. The molecule has 0 aromatic heterocycles. The van der Waals surface area contributed by atoms with E-state index in [-0.39, 0.29) is 98.7 Å². The van der Waals surface area contributed by atoms with Gasteiger partial charge in [-0.05, 0) is 31.0 Å². The Bertz CT molecular complexity index is 1000. The van der Waals surface area contributed by atoms with E-state index in [0.29, 0.717) is 38.8 Å². The molecule has 0 bridgehead atoms. The predicted octanol–water partition coefficient (Wildman–Crippen LogP) is -4.41. The maximum Gasteiger partial charge on any atom is 3.00 e. The van der Waals surface area contributed by atoms with Crippen LogP contribution >= 0.6 is 0 Å². The Balaban J connectivity index is 0.0000101. The molecular formula is C29H43GdN4O11. The number of hydrogen-bond donors (Lipinski definition) is 1. The maximum absolute atomic E-state index is 12.5. The van der Waals surface area contributed by atoms with Gasteiger partial charge in [-0.1, -0.05) is 12.1 Å². The fourth-order valence-electron chi connectivity index (χ4n) is 4.79. The van der Waals surface area contributed by atoms with Gasteiger partial charge in [0.25, 0.3) is 0 Å². The minimum atomic E-state index is -1.32. The van der Waals surface area contributed by atoms with Crippen molar-refractivity contribution in [2.24, 2.45) is 0 Å². The summed E-state index contributed by atoms with van der Waals surface area (Å²) in [4.78, 5) is 52.9. The van der Waals surface area contributed by atoms with Crippen molar-refractivity contribution in [1.82, 2.24) is 19.6 Å². The van der Waals surface area contributed by atoms with Crippen LogP contribution in [0.4, 0.5) is 0 Å². The quantitative estimate of drug-likeness (QED) is 0.140. The fourth-order valence-corrected chi connectivity index (χ4v) is 4.79. The SMILES string of the molecule is CCOCCOCCOc1ccc(C[C@H](C(=O)O)N2CCN(CC(=O)[O-])CCN(CC(=O)[O-])CCN(CC(=O)[O-])CC2)cc1.[Gd+3]. The smallest absolute Gasteiger partial charge is 0.549 e. The molecule has 0 amide bonds. The largest absolute Gasteiger partial charge is 3.00 e. The Morgan fingerprint density at radius 2 is 1.13 bits per heavy atom. The first-order chi connectivity index (χ1) is 21.1.